The molecule has 90 valence electrons. The number of anilines is 1. The van der Waals surface area contributed by atoms with E-state index < -0.39 is 0 Å². The Labute approximate surface area is 100 Å². The maximum absolute atomic E-state index is 13.6. The summed E-state index contributed by atoms with van der Waals surface area (Å²) in [7, 11) is 0. The molecule has 2 aromatic heterocycles. The number of halogens is 1. The van der Waals surface area contributed by atoms with Crippen molar-refractivity contribution in [2.45, 2.75) is 0 Å². The Kier molecular flexibility index (Phi) is 2.16. The van der Waals surface area contributed by atoms with E-state index in [0.29, 0.717) is 22.3 Å². The smallest absolute Gasteiger partial charge is 0.261 e. The van der Waals surface area contributed by atoms with Gasteiger partial charge in [0.1, 0.15) is 11.5 Å². The number of nitrogen functional groups attached to an aromatic ring is 1. The van der Waals surface area contributed by atoms with Crippen LogP contribution in [0, 0.1) is 5.82 Å². The highest BCUT2D eigenvalue weighted by Crippen LogP contribution is 2.23. The lowest BCUT2D eigenvalue weighted by Crippen LogP contribution is -2.09. The molecule has 4 N–H and O–H groups in total. The molecule has 0 saturated heterocycles. The fourth-order valence-corrected chi connectivity index (χ4v) is 1.86. The van der Waals surface area contributed by atoms with Gasteiger partial charge in [-0.1, -0.05) is 12.1 Å². The first-order chi connectivity index (χ1) is 8.65. The highest BCUT2D eigenvalue weighted by molar-refractivity contribution is 5.82. The first kappa shape index (κ1) is 10.5. The summed E-state index contributed by atoms with van der Waals surface area (Å²) in [4.78, 5) is 20.9. The van der Waals surface area contributed by atoms with Crippen LogP contribution in [-0.4, -0.2) is 15.0 Å². The maximum atomic E-state index is 13.6. The highest BCUT2D eigenvalue weighted by atomic mass is 19.1. The molecule has 0 unspecified atom stereocenters. The van der Waals surface area contributed by atoms with E-state index in [2.05, 4.69) is 15.0 Å². The lowest BCUT2D eigenvalue weighted by molar-refractivity contribution is 0.631. The SMILES string of the molecule is Nc1nc2[nH]c(-c3ccccc3F)cc2c(=O)[nH]1. The van der Waals surface area contributed by atoms with Crippen molar-refractivity contribution in [1.82, 2.24) is 15.0 Å². The van der Waals surface area contributed by atoms with Gasteiger partial charge in [0.05, 0.1) is 11.1 Å². The Hall–Kier alpha value is -2.63. The van der Waals surface area contributed by atoms with Gasteiger partial charge in [0, 0.05) is 5.56 Å². The van der Waals surface area contributed by atoms with Crippen LogP contribution in [0.3, 0.4) is 0 Å². The molecule has 0 fully saturated rings. The standard InChI is InChI=1S/C12H9FN4O/c13-8-4-2-1-3-6(8)9-5-7-10(15-9)16-12(14)17-11(7)18/h1-5H,(H4,14,15,16,17,18). The zero-order chi connectivity index (χ0) is 12.7. The van der Waals surface area contributed by atoms with Gasteiger partial charge in [-0.15, -0.1) is 0 Å². The van der Waals surface area contributed by atoms with E-state index >= 15 is 0 Å². The number of benzene rings is 1. The molecule has 0 amide bonds. The summed E-state index contributed by atoms with van der Waals surface area (Å²) in [6, 6.07) is 7.85. The summed E-state index contributed by atoms with van der Waals surface area (Å²) in [5.74, 6) is -0.345. The van der Waals surface area contributed by atoms with Gasteiger partial charge in [-0.2, -0.15) is 4.98 Å². The zero-order valence-electron chi connectivity index (χ0n) is 9.20. The van der Waals surface area contributed by atoms with Crippen molar-refractivity contribution in [2.75, 3.05) is 5.73 Å². The molecule has 0 spiro atoms. The molecule has 2 heterocycles. The second kappa shape index (κ2) is 3.69. The summed E-state index contributed by atoms with van der Waals surface area (Å²) < 4.78 is 13.6. The van der Waals surface area contributed by atoms with E-state index in [1.165, 1.54) is 6.07 Å². The predicted octanol–water partition coefficient (Wildman–Crippen LogP) is 1.64. The van der Waals surface area contributed by atoms with Crippen LogP contribution in [0.25, 0.3) is 22.3 Å². The molecular weight excluding hydrogens is 235 g/mol. The molecule has 0 aliphatic carbocycles. The quantitative estimate of drug-likeness (QED) is 0.608. The number of rotatable bonds is 1. The van der Waals surface area contributed by atoms with Crippen molar-refractivity contribution in [2.24, 2.45) is 0 Å². The molecule has 0 aliphatic rings. The minimum atomic E-state index is -0.367. The van der Waals surface area contributed by atoms with Crippen LogP contribution in [0.2, 0.25) is 0 Å². The number of aromatic nitrogens is 3. The molecule has 5 nitrogen and oxygen atoms in total. The molecule has 0 atom stereocenters. The predicted molar refractivity (Wildman–Crippen MR) is 66.5 cm³/mol. The normalized spacial score (nSPS) is 10.9. The van der Waals surface area contributed by atoms with Crippen LogP contribution in [0.4, 0.5) is 10.3 Å². The van der Waals surface area contributed by atoms with Gasteiger partial charge in [0.2, 0.25) is 5.95 Å². The van der Waals surface area contributed by atoms with Gasteiger partial charge in [-0.25, -0.2) is 4.39 Å². The number of aromatic amines is 2. The molecule has 3 aromatic rings. The van der Waals surface area contributed by atoms with Crippen molar-refractivity contribution in [3.05, 3.63) is 46.5 Å². The number of H-pyrrole nitrogens is 2. The highest BCUT2D eigenvalue weighted by Gasteiger charge is 2.10. The molecule has 1 aromatic carbocycles. The number of nitrogens with two attached hydrogens (primary N) is 1. The minimum Gasteiger partial charge on any atom is -0.369 e. The molecule has 0 bridgehead atoms. The molecule has 0 saturated carbocycles. The fraction of sp³-hybridized carbons (Fsp3) is 0. The number of hydrogen-bond acceptors (Lipinski definition) is 3. The Morgan fingerprint density at radius 2 is 2.00 bits per heavy atom. The van der Waals surface area contributed by atoms with Crippen molar-refractivity contribution in [1.29, 1.82) is 0 Å². The van der Waals surface area contributed by atoms with Crippen molar-refractivity contribution >= 4 is 17.0 Å². The van der Waals surface area contributed by atoms with Crippen LogP contribution in [0.5, 0.6) is 0 Å². The van der Waals surface area contributed by atoms with Gasteiger partial charge >= 0.3 is 0 Å². The second-order valence-electron chi connectivity index (χ2n) is 3.88. The van der Waals surface area contributed by atoms with Crippen molar-refractivity contribution in [3.8, 4) is 11.3 Å². The molecule has 3 rings (SSSR count). The first-order valence-electron chi connectivity index (χ1n) is 5.28. The third-order valence-electron chi connectivity index (χ3n) is 2.68. The van der Waals surface area contributed by atoms with Gasteiger partial charge in [0.15, 0.2) is 0 Å². The molecular formula is C12H9FN4O. The van der Waals surface area contributed by atoms with E-state index in [1.54, 1.807) is 24.3 Å². The zero-order valence-corrected chi connectivity index (χ0v) is 9.20. The van der Waals surface area contributed by atoms with Gasteiger partial charge in [-0.05, 0) is 18.2 Å². The maximum Gasteiger partial charge on any atom is 0.261 e. The van der Waals surface area contributed by atoms with Gasteiger partial charge in [0.25, 0.3) is 5.56 Å². The van der Waals surface area contributed by atoms with Crippen LogP contribution >= 0.6 is 0 Å². The van der Waals surface area contributed by atoms with Crippen LogP contribution in [0.15, 0.2) is 35.1 Å². The monoisotopic (exact) mass is 244 g/mol. The van der Waals surface area contributed by atoms with E-state index in [-0.39, 0.29) is 17.3 Å². The molecule has 0 radical (unpaired) electrons. The molecule has 0 aliphatic heterocycles. The van der Waals surface area contributed by atoms with Crippen LogP contribution in [-0.2, 0) is 0 Å². The van der Waals surface area contributed by atoms with Crippen molar-refractivity contribution in [3.63, 3.8) is 0 Å². The Bertz CT molecular complexity index is 790. The average Bonchev–Trinajstić information content (AvgIpc) is 2.73. The fourth-order valence-electron chi connectivity index (χ4n) is 1.86. The first-order valence-corrected chi connectivity index (χ1v) is 5.28. The van der Waals surface area contributed by atoms with Gasteiger partial charge in [-0.3, -0.25) is 9.78 Å². The Balaban J connectivity index is 2.30. The molecule has 18 heavy (non-hydrogen) atoms. The lowest BCUT2D eigenvalue weighted by Gasteiger charge is -1.98. The summed E-state index contributed by atoms with van der Waals surface area (Å²) in [6.07, 6.45) is 0. The van der Waals surface area contributed by atoms with E-state index in [1.807, 2.05) is 0 Å². The number of nitrogens with one attached hydrogen (secondary N) is 2. The van der Waals surface area contributed by atoms with E-state index in [0.717, 1.165) is 0 Å². The average molecular weight is 244 g/mol. The number of fused-ring (bicyclic) bond motifs is 1. The summed E-state index contributed by atoms with van der Waals surface area (Å²) in [5, 5.41) is 0.349. The minimum absolute atomic E-state index is 0.0226. The van der Waals surface area contributed by atoms with Crippen LogP contribution in [0.1, 0.15) is 0 Å². The van der Waals surface area contributed by atoms with E-state index in [4.69, 9.17) is 5.73 Å². The Morgan fingerprint density at radius 1 is 1.22 bits per heavy atom. The summed E-state index contributed by atoms with van der Waals surface area (Å²) >= 11 is 0. The summed E-state index contributed by atoms with van der Waals surface area (Å²) in [6.45, 7) is 0. The van der Waals surface area contributed by atoms with E-state index in [9.17, 15) is 9.18 Å². The van der Waals surface area contributed by atoms with Crippen LogP contribution < -0.4 is 11.3 Å². The second-order valence-corrected chi connectivity index (χ2v) is 3.88. The number of nitrogens with zero attached hydrogens (tertiary/aromatic N) is 1. The third-order valence-corrected chi connectivity index (χ3v) is 2.68. The topological polar surface area (TPSA) is 87.6 Å². The number of hydrogen-bond donors (Lipinski definition) is 3. The third kappa shape index (κ3) is 1.55. The van der Waals surface area contributed by atoms with Gasteiger partial charge < -0.3 is 10.7 Å². The summed E-state index contributed by atoms with van der Waals surface area (Å²) in [5.41, 5.74) is 6.31. The Morgan fingerprint density at radius 3 is 2.78 bits per heavy atom. The lowest BCUT2D eigenvalue weighted by atomic mass is 10.1. The molecule has 6 heteroatoms. The van der Waals surface area contributed by atoms with Crippen molar-refractivity contribution < 1.29 is 4.39 Å². The largest absolute Gasteiger partial charge is 0.369 e.